The molecule has 0 atom stereocenters. The number of amides is 1. The van der Waals surface area contributed by atoms with Crippen molar-refractivity contribution in [3.05, 3.63) is 64.1 Å². The lowest BCUT2D eigenvalue weighted by Crippen LogP contribution is -2.24. The highest BCUT2D eigenvalue weighted by atomic mass is 16.5. The molecule has 3 rings (SSSR count). The van der Waals surface area contributed by atoms with Gasteiger partial charge >= 0.3 is 17.7 Å². The van der Waals surface area contributed by atoms with E-state index >= 15 is 0 Å². The van der Waals surface area contributed by atoms with Crippen molar-refractivity contribution in [2.75, 3.05) is 19.0 Å². The van der Waals surface area contributed by atoms with Crippen molar-refractivity contribution in [1.82, 2.24) is 4.57 Å². The van der Waals surface area contributed by atoms with Gasteiger partial charge in [-0.1, -0.05) is 0 Å². The second-order valence-corrected chi connectivity index (χ2v) is 5.97. The van der Waals surface area contributed by atoms with Crippen LogP contribution in [0.4, 0.5) is 5.69 Å². The monoisotopic (exact) mass is 398 g/mol. The summed E-state index contributed by atoms with van der Waals surface area (Å²) in [5, 5.41) is 2.64. The molecule has 0 fully saturated rings. The third kappa shape index (κ3) is 4.34. The number of carbonyl (C=O) groups is 3. The maximum Gasteiger partial charge on any atom is 0.420 e. The Bertz CT molecular complexity index is 1130. The van der Waals surface area contributed by atoms with E-state index in [1.807, 2.05) is 0 Å². The fourth-order valence-electron chi connectivity index (χ4n) is 2.71. The van der Waals surface area contributed by atoms with Crippen LogP contribution in [0.1, 0.15) is 27.6 Å². The molecule has 0 spiro atoms. The minimum atomic E-state index is -0.727. The second-order valence-electron chi connectivity index (χ2n) is 5.97. The van der Waals surface area contributed by atoms with Gasteiger partial charge in [-0.05, 0) is 49.4 Å². The van der Waals surface area contributed by atoms with Gasteiger partial charge in [-0.3, -0.25) is 9.36 Å². The predicted octanol–water partition coefficient (Wildman–Crippen LogP) is 2.20. The van der Waals surface area contributed by atoms with Crippen LogP contribution in [0.2, 0.25) is 0 Å². The van der Waals surface area contributed by atoms with Crippen LogP contribution < -0.4 is 11.1 Å². The molecule has 0 aliphatic rings. The third-order valence-corrected chi connectivity index (χ3v) is 4.07. The highest BCUT2D eigenvalue weighted by molar-refractivity contribution is 5.95. The lowest BCUT2D eigenvalue weighted by molar-refractivity contribution is -0.116. The molecule has 1 heterocycles. The first-order chi connectivity index (χ1) is 13.9. The molecule has 1 aromatic heterocycles. The number of benzene rings is 2. The number of hydrogen-bond donors (Lipinski definition) is 1. The summed E-state index contributed by atoms with van der Waals surface area (Å²) in [6, 6.07) is 10.5. The van der Waals surface area contributed by atoms with E-state index in [-0.39, 0.29) is 24.3 Å². The molecule has 2 aromatic carbocycles. The van der Waals surface area contributed by atoms with Gasteiger partial charge in [-0.15, -0.1) is 0 Å². The highest BCUT2D eigenvalue weighted by Crippen LogP contribution is 2.16. The van der Waals surface area contributed by atoms with Gasteiger partial charge in [0.1, 0.15) is 6.54 Å². The van der Waals surface area contributed by atoms with Gasteiger partial charge in [-0.2, -0.15) is 0 Å². The van der Waals surface area contributed by atoms with Gasteiger partial charge in [0.2, 0.25) is 5.91 Å². The number of esters is 2. The summed E-state index contributed by atoms with van der Waals surface area (Å²) in [5.41, 5.74) is 1.59. The summed E-state index contributed by atoms with van der Waals surface area (Å²) >= 11 is 0. The number of hydrogen-bond acceptors (Lipinski definition) is 7. The van der Waals surface area contributed by atoms with Crippen molar-refractivity contribution in [1.29, 1.82) is 0 Å². The standard InChI is InChI=1S/C20H18N2O7/c1-3-28-19(25)12-4-7-14(8-5-12)21-17(23)11-22-15-9-6-13(18(24)27-2)10-16(15)29-20(22)26/h4-10H,3,11H2,1-2H3,(H,21,23). The molecule has 9 nitrogen and oxygen atoms in total. The van der Waals surface area contributed by atoms with Crippen molar-refractivity contribution < 1.29 is 28.3 Å². The number of rotatable bonds is 6. The van der Waals surface area contributed by atoms with Crippen LogP contribution in [-0.2, 0) is 20.8 Å². The molecule has 0 saturated carbocycles. The second kappa shape index (κ2) is 8.42. The quantitative estimate of drug-likeness (QED) is 0.633. The zero-order valence-corrected chi connectivity index (χ0v) is 15.8. The van der Waals surface area contributed by atoms with E-state index in [0.717, 1.165) is 4.57 Å². The maximum atomic E-state index is 12.3. The molecular weight excluding hydrogens is 380 g/mol. The Labute approximate surface area is 164 Å². The van der Waals surface area contributed by atoms with Crippen LogP contribution in [0.15, 0.2) is 51.7 Å². The molecule has 0 bridgehead atoms. The summed E-state index contributed by atoms with van der Waals surface area (Å²) in [5.74, 6) is -2.20. The summed E-state index contributed by atoms with van der Waals surface area (Å²) in [6.07, 6.45) is 0. The Morgan fingerprint density at radius 2 is 1.72 bits per heavy atom. The summed E-state index contributed by atoms with van der Waals surface area (Å²) < 4.78 is 15.8. The number of fused-ring (bicyclic) bond motifs is 1. The lowest BCUT2D eigenvalue weighted by atomic mass is 10.2. The van der Waals surface area contributed by atoms with E-state index in [1.54, 1.807) is 19.1 Å². The molecular formula is C20H18N2O7. The fraction of sp³-hybridized carbons (Fsp3) is 0.200. The maximum absolute atomic E-state index is 12.3. The topological polar surface area (TPSA) is 117 Å². The SMILES string of the molecule is CCOC(=O)c1ccc(NC(=O)Cn2c(=O)oc3cc(C(=O)OC)ccc32)cc1. The van der Waals surface area contributed by atoms with E-state index in [9.17, 15) is 19.2 Å². The Balaban J connectivity index is 1.74. The van der Waals surface area contributed by atoms with E-state index in [2.05, 4.69) is 10.1 Å². The smallest absolute Gasteiger partial charge is 0.420 e. The van der Waals surface area contributed by atoms with Crippen molar-refractivity contribution in [2.45, 2.75) is 13.5 Å². The third-order valence-electron chi connectivity index (χ3n) is 4.07. The number of carbonyl (C=O) groups excluding carboxylic acids is 3. The Hall–Kier alpha value is -3.88. The van der Waals surface area contributed by atoms with Gasteiger partial charge in [0, 0.05) is 5.69 Å². The van der Waals surface area contributed by atoms with Crippen LogP contribution in [0.5, 0.6) is 0 Å². The minimum Gasteiger partial charge on any atom is -0.465 e. The first kappa shape index (κ1) is 19.9. The van der Waals surface area contributed by atoms with E-state index < -0.39 is 23.6 Å². The van der Waals surface area contributed by atoms with Crippen molar-refractivity contribution in [3.8, 4) is 0 Å². The normalized spacial score (nSPS) is 10.6. The molecule has 3 aromatic rings. The van der Waals surface area contributed by atoms with Crippen molar-refractivity contribution in [3.63, 3.8) is 0 Å². The van der Waals surface area contributed by atoms with Gasteiger partial charge < -0.3 is 19.2 Å². The van der Waals surface area contributed by atoms with Crippen molar-refractivity contribution >= 4 is 34.6 Å². The number of aromatic nitrogens is 1. The Kier molecular flexibility index (Phi) is 5.77. The Morgan fingerprint density at radius 3 is 2.38 bits per heavy atom. The van der Waals surface area contributed by atoms with Crippen molar-refractivity contribution in [2.24, 2.45) is 0 Å². The molecule has 0 unspecified atom stereocenters. The summed E-state index contributed by atoms with van der Waals surface area (Å²) in [4.78, 5) is 47.7. The van der Waals surface area contributed by atoms with Crippen LogP contribution in [-0.4, -0.2) is 36.1 Å². The number of nitrogens with zero attached hydrogens (tertiary/aromatic N) is 1. The molecule has 9 heteroatoms. The molecule has 0 aliphatic heterocycles. The number of anilines is 1. The van der Waals surface area contributed by atoms with Gasteiger partial charge in [0.05, 0.1) is 30.4 Å². The summed E-state index contributed by atoms with van der Waals surface area (Å²) in [7, 11) is 1.25. The fourth-order valence-corrected chi connectivity index (χ4v) is 2.71. The van der Waals surface area contributed by atoms with Gasteiger partial charge in [0.25, 0.3) is 0 Å². The van der Waals surface area contributed by atoms with E-state index in [1.165, 1.54) is 37.4 Å². The first-order valence-electron chi connectivity index (χ1n) is 8.71. The largest absolute Gasteiger partial charge is 0.465 e. The first-order valence-corrected chi connectivity index (χ1v) is 8.71. The van der Waals surface area contributed by atoms with E-state index in [0.29, 0.717) is 16.8 Å². The van der Waals surface area contributed by atoms with E-state index in [4.69, 9.17) is 9.15 Å². The molecule has 0 aliphatic carbocycles. The average Bonchev–Trinajstić information content (AvgIpc) is 3.02. The predicted molar refractivity (Wildman–Crippen MR) is 103 cm³/mol. The average molecular weight is 398 g/mol. The summed E-state index contributed by atoms with van der Waals surface area (Å²) in [6.45, 7) is 1.69. The number of methoxy groups -OCH3 is 1. The molecule has 29 heavy (non-hydrogen) atoms. The van der Waals surface area contributed by atoms with Crippen LogP contribution in [0, 0.1) is 0 Å². The Morgan fingerprint density at radius 1 is 1.03 bits per heavy atom. The number of oxazole rings is 1. The van der Waals surface area contributed by atoms with Crippen LogP contribution in [0.25, 0.3) is 11.1 Å². The molecule has 1 amide bonds. The molecule has 0 saturated heterocycles. The lowest BCUT2D eigenvalue weighted by Gasteiger charge is -2.07. The molecule has 150 valence electrons. The molecule has 0 radical (unpaired) electrons. The number of nitrogens with one attached hydrogen (secondary N) is 1. The van der Waals surface area contributed by atoms with Gasteiger partial charge in [-0.25, -0.2) is 14.4 Å². The van der Waals surface area contributed by atoms with Gasteiger partial charge in [0.15, 0.2) is 5.58 Å². The zero-order chi connectivity index (χ0) is 21.0. The minimum absolute atomic E-state index is 0.171. The number of ether oxygens (including phenoxy) is 2. The molecule has 1 N–H and O–H groups in total. The van der Waals surface area contributed by atoms with Crippen LogP contribution in [0.3, 0.4) is 0 Å². The van der Waals surface area contributed by atoms with Crippen LogP contribution >= 0.6 is 0 Å². The zero-order valence-electron chi connectivity index (χ0n) is 15.8. The highest BCUT2D eigenvalue weighted by Gasteiger charge is 2.16.